The van der Waals surface area contributed by atoms with Gasteiger partial charge >= 0.3 is 0 Å². The molecule has 2 atom stereocenters. The van der Waals surface area contributed by atoms with Crippen LogP contribution in [0.25, 0.3) is 0 Å². The number of nitrogens with zero attached hydrogens (tertiary/aromatic N) is 3. The number of para-hydroxylation sites is 1. The summed E-state index contributed by atoms with van der Waals surface area (Å²) in [5, 5.41) is 10.3. The standard InChI is InChI=1S/C18H16N6O/c1-12-15(17(25)23-13-7-3-2-4-8-13)16(14-9-5-6-10-19-14)24-18(22-12)20-11-21-24/h2-11,15-16H,1H2,(H,23,25)(H,20,21,22)/p+1. The van der Waals surface area contributed by atoms with Crippen molar-refractivity contribution in [1.82, 2.24) is 14.8 Å². The Hall–Kier alpha value is -3.48. The predicted molar refractivity (Wildman–Crippen MR) is 92.5 cm³/mol. The van der Waals surface area contributed by atoms with Gasteiger partial charge in [0, 0.05) is 23.5 Å². The predicted octanol–water partition coefficient (Wildman–Crippen LogP) is 1.88. The van der Waals surface area contributed by atoms with Crippen molar-refractivity contribution in [2.75, 3.05) is 10.6 Å². The lowest BCUT2D eigenvalue weighted by Crippen LogP contribution is -2.41. The minimum absolute atomic E-state index is 0.160. The number of amides is 1. The number of carbonyl (C=O) groups excluding carboxylic acids is 1. The van der Waals surface area contributed by atoms with Crippen molar-refractivity contribution in [3.8, 4) is 0 Å². The highest BCUT2D eigenvalue weighted by Crippen LogP contribution is 2.36. The largest absolute Gasteiger partial charge is 0.328 e. The molecule has 1 aromatic carbocycles. The molecule has 0 saturated heterocycles. The molecule has 124 valence electrons. The molecule has 4 rings (SSSR count). The van der Waals surface area contributed by atoms with Crippen LogP contribution in [0.2, 0.25) is 0 Å². The maximum atomic E-state index is 13.0. The molecule has 0 spiro atoms. The van der Waals surface area contributed by atoms with Crippen LogP contribution in [0.4, 0.5) is 11.6 Å². The molecule has 2 unspecified atom stereocenters. The lowest BCUT2D eigenvalue weighted by Gasteiger charge is -2.31. The number of fused-ring (bicyclic) bond motifs is 1. The number of benzene rings is 1. The minimum Gasteiger partial charge on any atom is -0.328 e. The van der Waals surface area contributed by atoms with Crippen LogP contribution in [0.5, 0.6) is 0 Å². The first kappa shape index (κ1) is 15.1. The van der Waals surface area contributed by atoms with Crippen molar-refractivity contribution in [2.45, 2.75) is 6.04 Å². The molecule has 0 bridgehead atoms. The van der Waals surface area contributed by atoms with E-state index in [4.69, 9.17) is 0 Å². The fourth-order valence-corrected chi connectivity index (χ4v) is 3.04. The quantitative estimate of drug-likeness (QED) is 0.766. The maximum Gasteiger partial charge on any atom is 0.236 e. The molecule has 3 N–H and O–H groups in total. The molecule has 1 aliphatic heterocycles. The monoisotopic (exact) mass is 333 g/mol. The van der Waals surface area contributed by atoms with Crippen LogP contribution in [-0.4, -0.2) is 20.7 Å². The van der Waals surface area contributed by atoms with Crippen LogP contribution in [0.15, 0.2) is 73.3 Å². The van der Waals surface area contributed by atoms with E-state index in [2.05, 4.69) is 32.3 Å². The number of H-pyrrole nitrogens is 1. The number of aromatic amines is 1. The first-order chi connectivity index (χ1) is 12.2. The summed E-state index contributed by atoms with van der Waals surface area (Å²) in [6, 6.07) is 14.7. The van der Waals surface area contributed by atoms with Crippen molar-refractivity contribution >= 4 is 17.5 Å². The zero-order valence-electron chi connectivity index (χ0n) is 13.4. The van der Waals surface area contributed by atoms with Gasteiger partial charge in [-0.15, -0.1) is 0 Å². The summed E-state index contributed by atoms with van der Waals surface area (Å²) in [4.78, 5) is 20.4. The molecule has 25 heavy (non-hydrogen) atoms. The van der Waals surface area contributed by atoms with Crippen molar-refractivity contribution in [3.05, 3.63) is 79.0 Å². The molecule has 1 amide bonds. The molecule has 1 aliphatic rings. The summed E-state index contributed by atoms with van der Waals surface area (Å²) in [5.41, 5.74) is 2.17. The molecule has 0 fully saturated rings. The van der Waals surface area contributed by atoms with Crippen LogP contribution >= 0.6 is 0 Å². The molecule has 7 nitrogen and oxygen atoms in total. The molecule has 3 heterocycles. The Kier molecular flexibility index (Phi) is 3.74. The van der Waals surface area contributed by atoms with Gasteiger partial charge in [-0.2, -0.15) is 10.1 Å². The van der Waals surface area contributed by atoms with E-state index in [9.17, 15) is 4.79 Å². The number of hydrogen-bond donors (Lipinski definition) is 2. The van der Waals surface area contributed by atoms with Crippen molar-refractivity contribution in [3.63, 3.8) is 0 Å². The maximum absolute atomic E-state index is 13.0. The van der Waals surface area contributed by atoms with Gasteiger partial charge < -0.3 is 10.6 Å². The second-order valence-corrected chi connectivity index (χ2v) is 5.77. The number of nitrogens with one attached hydrogen (secondary N) is 3. The topological polar surface area (TPSA) is 86.0 Å². The van der Waals surface area contributed by atoms with Gasteiger partial charge in [0.1, 0.15) is 12.2 Å². The second kappa shape index (κ2) is 6.20. The van der Waals surface area contributed by atoms with E-state index in [1.807, 2.05) is 54.7 Å². The fraction of sp³-hybridized carbons (Fsp3) is 0.111. The Bertz CT molecular complexity index is 906. The minimum atomic E-state index is -0.548. The van der Waals surface area contributed by atoms with Crippen LogP contribution < -0.4 is 15.6 Å². The van der Waals surface area contributed by atoms with Gasteiger partial charge in [-0.05, 0) is 12.1 Å². The highest BCUT2D eigenvalue weighted by atomic mass is 16.2. The van der Waals surface area contributed by atoms with Crippen LogP contribution in [0.1, 0.15) is 11.7 Å². The zero-order valence-corrected chi connectivity index (χ0v) is 13.4. The highest BCUT2D eigenvalue weighted by Gasteiger charge is 2.42. The first-order valence-corrected chi connectivity index (χ1v) is 7.92. The van der Waals surface area contributed by atoms with Gasteiger partial charge in [-0.3, -0.25) is 4.79 Å². The number of carbonyl (C=O) groups is 1. The average molecular weight is 333 g/mol. The highest BCUT2D eigenvalue weighted by molar-refractivity contribution is 5.95. The first-order valence-electron chi connectivity index (χ1n) is 7.92. The number of anilines is 2. The summed E-state index contributed by atoms with van der Waals surface area (Å²) in [5.74, 6) is -0.142. The molecular formula is C18H17N6O+. The molecule has 3 aromatic rings. The van der Waals surface area contributed by atoms with Crippen LogP contribution in [-0.2, 0) is 4.79 Å². The Balaban J connectivity index is 1.74. The number of aromatic nitrogens is 4. The molecule has 0 radical (unpaired) electrons. The van der Waals surface area contributed by atoms with Gasteiger partial charge in [0.15, 0.2) is 12.2 Å². The normalized spacial score (nSPS) is 19.0. The van der Waals surface area contributed by atoms with Crippen molar-refractivity contribution in [2.24, 2.45) is 5.92 Å². The lowest BCUT2D eigenvalue weighted by atomic mass is 9.91. The van der Waals surface area contributed by atoms with Crippen molar-refractivity contribution < 1.29 is 9.78 Å². The molecular weight excluding hydrogens is 316 g/mol. The van der Waals surface area contributed by atoms with Gasteiger partial charge in [0.05, 0.1) is 0 Å². The lowest BCUT2D eigenvalue weighted by molar-refractivity contribution is -0.394. The van der Waals surface area contributed by atoms with E-state index < -0.39 is 5.92 Å². The van der Waals surface area contributed by atoms with Gasteiger partial charge in [0.2, 0.25) is 17.5 Å². The summed E-state index contributed by atoms with van der Waals surface area (Å²) in [6.07, 6.45) is 3.28. The van der Waals surface area contributed by atoms with E-state index in [1.54, 1.807) is 4.68 Å². The van der Waals surface area contributed by atoms with Gasteiger partial charge in [-0.1, -0.05) is 30.8 Å². The van der Waals surface area contributed by atoms with E-state index in [1.165, 1.54) is 6.33 Å². The summed E-state index contributed by atoms with van der Waals surface area (Å²) >= 11 is 0. The van der Waals surface area contributed by atoms with E-state index >= 15 is 0 Å². The third-order valence-corrected chi connectivity index (χ3v) is 4.18. The number of hydrogen-bond acceptors (Lipinski definition) is 4. The molecule has 2 aromatic heterocycles. The van der Waals surface area contributed by atoms with Gasteiger partial charge in [-0.25, -0.2) is 9.67 Å². The van der Waals surface area contributed by atoms with E-state index in [0.29, 0.717) is 11.6 Å². The Morgan fingerprint density at radius 1 is 1.20 bits per heavy atom. The van der Waals surface area contributed by atoms with Gasteiger partial charge in [0.25, 0.3) is 0 Å². The summed E-state index contributed by atoms with van der Waals surface area (Å²) in [6.45, 7) is 4.05. The van der Waals surface area contributed by atoms with E-state index in [0.717, 1.165) is 11.4 Å². The smallest absolute Gasteiger partial charge is 0.236 e. The molecule has 0 aliphatic carbocycles. The number of pyridine rings is 1. The Labute approximate surface area is 144 Å². The second-order valence-electron chi connectivity index (χ2n) is 5.77. The van der Waals surface area contributed by atoms with Crippen molar-refractivity contribution in [1.29, 1.82) is 0 Å². The summed E-state index contributed by atoms with van der Waals surface area (Å²) in [7, 11) is 0. The zero-order chi connectivity index (χ0) is 17.2. The van der Waals surface area contributed by atoms with E-state index in [-0.39, 0.29) is 11.9 Å². The average Bonchev–Trinajstić information content (AvgIpc) is 3.10. The number of rotatable bonds is 3. The molecule has 0 saturated carbocycles. The third-order valence-electron chi connectivity index (χ3n) is 4.18. The van der Waals surface area contributed by atoms with Crippen LogP contribution in [0.3, 0.4) is 0 Å². The third kappa shape index (κ3) is 2.76. The van der Waals surface area contributed by atoms with Crippen LogP contribution in [0, 0.1) is 5.92 Å². The fourth-order valence-electron chi connectivity index (χ4n) is 3.04. The Morgan fingerprint density at radius 2 is 2.00 bits per heavy atom. The Morgan fingerprint density at radius 3 is 2.76 bits per heavy atom. The molecule has 7 heteroatoms. The summed E-state index contributed by atoms with van der Waals surface area (Å²) < 4.78 is 1.70. The SMILES string of the molecule is C=C1Nc2ncnn2C(c2cccc[nH+]2)C1C(=O)Nc1ccccc1.